The Morgan fingerprint density at radius 1 is 1.35 bits per heavy atom. The summed E-state index contributed by atoms with van der Waals surface area (Å²) in [5.74, 6) is 1.81. The number of piperidine rings is 1. The number of hydrogen-bond donors (Lipinski definition) is 2. The molecule has 0 aromatic carbocycles. The Morgan fingerprint density at radius 2 is 2.06 bits per heavy atom. The van der Waals surface area contributed by atoms with Gasteiger partial charge in [-0.3, -0.25) is 9.69 Å². The Labute approximate surface area is 106 Å². The lowest BCUT2D eigenvalue weighted by molar-refractivity contribution is -0.132. The van der Waals surface area contributed by atoms with E-state index in [1.54, 1.807) is 11.8 Å². The molecule has 2 aliphatic rings. The molecule has 2 aliphatic heterocycles. The van der Waals surface area contributed by atoms with Crippen LogP contribution in [0.15, 0.2) is 0 Å². The number of rotatable bonds is 4. The van der Waals surface area contributed by atoms with Gasteiger partial charge in [-0.25, -0.2) is 4.79 Å². The van der Waals surface area contributed by atoms with E-state index in [4.69, 9.17) is 0 Å². The lowest BCUT2D eigenvalue weighted by Crippen LogP contribution is -2.53. The molecule has 2 N–H and O–H groups in total. The lowest BCUT2D eigenvalue weighted by Gasteiger charge is -2.31. The molecular weight excluding hydrogens is 238 g/mol. The second kappa shape index (κ2) is 5.27. The first-order valence-electron chi connectivity index (χ1n) is 6.12. The third kappa shape index (κ3) is 2.42. The van der Waals surface area contributed by atoms with Gasteiger partial charge in [-0.2, -0.15) is 11.8 Å². The first kappa shape index (κ1) is 12.7. The van der Waals surface area contributed by atoms with Crippen molar-refractivity contribution in [1.29, 1.82) is 0 Å². The second-order valence-electron chi connectivity index (χ2n) is 4.42. The standard InChI is InChI=1S/C11H19N3O2S/c1-2-17-8-7-14-9(15)11(13-10(14)16)3-5-12-6-4-11/h12H,2-8H2,1H3,(H,13,16). The Kier molecular flexibility index (Phi) is 3.93. The van der Waals surface area contributed by atoms with Gasteiger partial charge in [0.2, 0.25) is 0 Å². The van der Waals surface area contributed by atoms with Crippen molar-refractivity contribution in [2.24, 2.45) is 0 Å². The summed E-state index contributed by atoms with van der Waals surface area (Å²) in [5, 5.41) is 6.10. The van der Waals surface area contributed by atoms with E-state index in [2.05, 4.69) is 17.6 Å². The molecule has 5 nitrogen and oxygen atoms in total. The third-order valence-electron chi connectivity index (χ3n) is 3.37. The smallest absolute Gasteiger partial charge is 0.323 e. The molecule has 2 rings (SSSR count). The van der Waals surface area contributed by atoms with E-state index in [0.29, 0.717) is 19.4 Å². The summed E-state index contributed by atoms with van der Waals surface area (Å²) < 4.78 is 0. The van der Waals surface area contributed by atoms with Crippen LogP contribution in [-0.2, 0) is 4.79 Å². The van der Waals surface area contributed by atoms with Crippen molar-refractivity contribution >= 4 is 23.7 Å². The predicted molar refractivity (Wildman–Crippen MR) is 68.1 cm³/mol. The van der Waals surface area contributed by atoms with Crippen LogP contribution in [0.5, 0.6) is 0 Å². The molecule has 0 bridgehead atoms. The number of carbonyl (C=O) groups excluding carboxylic acids is 2. The summed E-state index contributed by atoms with van der Waals surface area (Å²) in [5.41, 5.74) is -0.612. The van der Waals surface area contributed by atoms with Crippen molar-refractivity contribution in [3.63, 3.8) is 0 Å². The zero-order valence-corrected chi connectivity index (χ0v) is 10.9. The van der Waals surface area contributed by atoms with Gasteiger partial charge in [-0.15, -0.1) is 0 Å². The van der Waals surface area contributed by atoms with Crippen LogP contribution in [0, 0.1) is 0 Å². The predicted octanol–water partition coefficient (Wildman–Crippen LogP) is 0.413. The van der Waals surface area contributed by atoms with E-state index in [-0.39, 0.29) is 11.9 Å². The largest absolute Gasteiger partial charge is 0.325 e. The molecule has 2 fully saturated rings. The van der Waals surface area contributed by atoms with Crippen LogP contribution >= 0.6 is 11.8 Å². The summed E-state index contributed by atoms with van der Waals surface area (Å²) in [7, 11) is 0. The van der Waals surface area contributed by atoms with Crippen LogP contribution in [0.4, 0.5) is 4.79 Å². The SMILES string of the molecule is CCSCCN1C(=O)NC2(CCNCC2)C1=O. The van der Waals surface area contributed by atoms with Gasteiger partial charge in [-0.1, -0.05) is 6.92 Å². The maximum atomic E-state index is 12.3. The maximum Gasteiger partial charge on any atom is 0.325 e. The van der Waals surface area contributed by atoms with Gasteiger partial charge >= 0.3 is 6.03 Å². The zero-order chi connectivity index (χ0) is 12.3. The minimum Gasteiger partial charge on any atom is -0.323 e. The minimum absolute atomic E-state index is 0.0271. The van der Waals surface area contributed by atoms with Crippen molar-refractivity contribution in [2.75, 3.05) is 31.1 Å². The molecule has 2 heterocycles. The number of thioether (sulfide) groups is 1. The molecule has 0 radical (unpaired) electrons. The van der Waals surface area contributed by atoms with Crippen molar-refractivity contribution in [2.45, 2.75) is 25.3 Å². The topological polar surface area (TPSA) is 61.4 Å². The highest BCUT2D eigenvalue weighted by atomic mass is 32.2. The first-order valence-corrected chi connectivity index (χ1v) is 7.28. The summed E-state index contributed by atoms with van der Waals surface area (Å²) in [6, 6.07) is -0.214. The molecule has 0 aliphatic carbocycles. The fourth-order valence-corrected chi connectivity index (χ4v) is 2.97. The fraction of sp³-hybridized carbons (Fsp3) is 0.818. The van der Waals surface area contributed by atoms with E-state index in [1.165, 1.54) is 4.90 Å². The average molecular weight is 257 g/mol. The molecule has 2 saturated heterocycles. The number of nitrogens with one attached hydrogen (secondary N) is 2. The van der Waals surface area contributed by atoms with Crippen LogP contribution in [-0.4, -0.2) is 53.5 Å². The minimum atomic E-state index is -0.612. The molecular formula is C11H19N3O2S. The van der Waals surface area contributed by atoms with Gasteiger partial charge in [0.05, 0.1) is 0 Å². The molecule has 0 saturated carbocycles. The number of hydrogen-bond acceptors (Lipinski definition) is 4. The first-order chi connectivity index (χ1) is 8.19. The Hall–Kier alpha value is -0.750. The maximum absolute atomic E-state index is 12.3. The number of carbonyl (C=O) groups is 2. The Morgan fingerprint density at radius 3 is 2.71 bits per heavy atom. The van der Waals surface area contributed by atoms with Gasteiger partial charge in [-0.05, 0) is 31.7 Å². The average Bonchev–Trinajstić information content (AvgIpc) is 2.55. The fourth-order valence-electron chi connectivity index (χ4n) is 2.37. The van der Waals surface area contributed by atoms with E-state index in [1.807, 2.05) is 0 Å². The number of imide groups is 1. The zero-order valence-electron chi connectivity index (χ0n) is 10.1. The van der Waals surface area contributed by atoms with Crippen LogP contribution in [0.25, 0.3) is 0 Å². The summed E-state index contributed by atoms with van der Waals surface area (Å²) >= 11 is 1.75. The Balaban J connectivity index is 2.00. The van der Waals surface area contributed by atoms with Crippen molar-refractivity contribution in [1.82, 2.24) is 15.5 Å². The van der Waals surface area contributed by atoms with Crippen LogP contribution < -0.4 is 10.6 Å². The molecule has 0 atom stereocenters. The van der Waals surface area contributed by atoms with E-state index in [0.717, 1.165) is 24.6 Å². The molecule has 0 aromatic heterocycles. The molecule has 6 heteroatoms. The van der Waals surface area contributed by atoms with Gasteiger partial charge < -0.3 is 10.6 Å². The number of nitrogens with zero attached hydrogens (tertiary/aromatic N) is 1. The number of amides is 3. The van der Waals surface area contributed by atoms with Crippen LogP contribution in [0.3, 0.4) is 0 Å². The summed E-state index contributed by atoms with van der Waals surface area (Å²) in [6.45, 7) is 4.19. The van der Waals surface area contributed by atoms with E-state index < -0.39 is 5.54 Å². The van der Waals surface area contributed by atoms with Gasteiger partial charge in [0, 0.05) is 12.3 Å². The van der Waals surface area contributed by atoms with E-state index >= 15 is 0 Å². The highest BCUT2D eigenvalue weighted by Crippen LogP contribution is 2.26. The third-order valence-corrected chi connectivity index (χ3v) is 4.25. The summed E-state index contributed by atoms with van der Waals surface area (Å²) in [6.07, 6.45) is 1.41. The van der Waals surface area contributed by atoms with Crippen LogP contribution in [0.2, 0.25) is 0 Å². The highest BCUT2D eigenvalue weighted by molar-refractivity contribution is 7.99. The normalized spacial score (nSPS) is 23.2. The lowest BCUT2D eigenvalue weighted by atomic mass is 9.88. The van der Waals surface area contributed by atoms with Gasteiger partial charge in [0.1, 0.15) is 5.54 Å². The van der Waals surface area contributed by atoms with Crippen molar-refractivity contribution in [3.8, 4) is 0 Å². The van der Waals surface area contributed by atoms with Crippen LogP contribution in [0.1, 0.15) is 19.8 Å². The Bertz CT molecular complexity index is 316. The summed E-state index contributed by atoms with van der Waals surface area (Å²) in [4.78, 5) is 25.5. The van der Waals surface area contributed by atoms with E-state index in [9.17, 15) is 9.59 Å². The molecule has 17 heavy (non-hydrogen) atoms. The molecule has 96 valence electrons. The molecule has 3 amide bonds. The van der Waals surface area contributed by atoms with Gasteiger partial charge in [0.25, 0.3) is 5.91 Å². The van der Waals surface area contributed by atoms with Gasteiger partial charge in [0.15, 0.2) is 0 Å². The second-order valence-corrected chi connectivity index (χ2v) is 5.81. The molecule has 0 aromatic rings. The highest BCUT2D eigenvalue weighted by Gasteiger charge is 2.50. The van der Waals surface area contributed by atoms with Crippen molar-refractivity contribution in [3.05, 3.63) is 0 Å². The quantitative estimate of drug-likeness (QED) is 0.566. The molecule has 0 unspecified atom stereocenters. The number of urea groups is 1. The molecule has 1 spiro atoms. The monoisotopic (exact) mass is 257 g/mol. The van der Waals surface area contributed by atoms with Crippen molar-refractivity contribution < 1.29 is 9.59 Å².